The van der Waals surface area contributed by atoms with E-state index in [1.165, 1.54) is 6.42 Å². The lowest BCUT2D eigenvalue weighted by atomic mass is 9.98. The van der Waals surface area contributed by atoms with E-state index in [0.717, 1.165) is 50.9 Å². The molecule has 0 spiro atoms. The lowest BCUT2D eigenvalue weighted by Crippen LogP contribution is -2.45. The Balaban J connectivity index is 1.51. The maximum absolute atomic E-state index is 12.7. The van der Waals surface area contributed by atoms with Gasteiger partial charge in [-0.05, 0) is 44.6 Å². The van der Waals surface area contributed by atoms with Gasteiger partial charge in [0.25, 0.3) is 0 Å². The van der Waals surface area contributed by atoms with E-state index in [2.05, 4.69) is 10.00 Å². The molecule has 0 bridgehead atoms. The molecule has 1 aromatic heterocycles. The molecule has 0 aromatic carbocycles. The topological polar surface area (TPSA) is 58.4 Å². The molecule has 2 fully saturated rings. The van der Waals surface area contributed by atoms with Crippen molar-refractivity contribution in [1.82, 2.24) is 19.6 Å². The van der Waals surface area contributed by atoms with Gasteiger partial charge >= 0.3 is 0 Å². The van der Waals surface area contributed by atoms with Gasteiger partial charge in [-0.2, -0.15) is 5.10 Å². The number of piperidine rings is 1. The minimum Gasteiger partial charge on any atom is -0.343 e. The first kappa shape index (κ1) is 17.0. The average Bonchev–Trinajstić information content (AvgIpc) is 3.19. The van der Waals surface area contributed by atoms with Gasteiger partial charge in [-0.1, -0.05) is 0 Å². The Morgan fingerprint density at radius 3 is 2.83 bits per heavy atom. The Hall–Kier alpha value is -1.85. The molecule has 1 unspecified atom stereocenters. The van der Waals surface area contributed by atoms with Crippen molar-refractivity contribution in [2.45, 2.75) is 64.5 Å². The third kappa shape index (κ3) is 4.16. The first-order chi connectivity index (χ1) is 11.6. The van der Waals surface area contributed by atoms with Crippen molar-refractivity contribution in [3.63, 3.8) is 0 Å². The van der Waals surface area contributed by atoms with Gasteiger partial charge in [0.05, 0.1) is 6.20 Å². The fourth-order valence-corrected chi connectivity index (χ4v) is 3.82. The van der Waals surface area contributed by atoms with Crippen LogP contribution in [-0.4, -0.2) is 57.1 Å². The van der Waals surface area contributed by atoms with Gasteiger partial charge in [0.1, 0.15) is 0 Å². The predicted octanol–water partition coefficient (Wildman–Crippen LogP) is 1.98. The lowest BCUT2D eigenvalue weighted by molar-refractivity contribution is -0.135. The van der Waals surface area contributed by atoms with Gasteiger partial charge in [-0.15, -0.1) is 0 Å². The van der Waals surface area contributed by atoms with Crippen LogP contribution in [0.2, 0.25) is 0 Å². The minimum absolute atomic E-state index is 0.223. The molecule has 3 heterocycles. The SMILES string of the molecule is Cc1cnn(CCC(=O)N2CCCCC2CCN2CCCC2=O)c1. The average molecular weight is 332 g/mol. The van der Waals surface area contributed by atoms with Crippen LogP contribution >= 0.6 is 0 Å². The van der Waals surface area contributed by atoms with Crippen molar-refractivity contribution < 1.29 is 9.59 Å². The second-order valence-electron chi connectivity index (χ2n) is 7.04. The largest absolute Gasteiger partial charge is 0.343 e. The monoisotopic (exact) mass is 332 g/mol. The van der Waals surface area contributed by atoms with E-state index < -0.39 is 0 Å². The van der Waals surface area contributed by atoms with Crippen LogP contribution in [0, 0.1) is 6.92 Å². The molecule has 0 saturated carbocycles. The highest BCUT2D eigenvalue weighted by Gasteiger charge is 2.28. The summed E-state index contributed by atoms with van der Waals surface area (Å²) in [5.41, 5.74) is 1.12. The van der Waals surface area contributed by atoms with E-state index in [-0.39, 0.29) is 11.8 Å². The van der Waals surface area contributed by atoms with Crippen molar-refractivity contribution in [2.75, 3.05) is 19.6 Å². The van der Waals surface area contributed by atoms with E-state index in [1.54, 1.807) is 0 Å². The summed E-state index contributed by atoms with van der Waals surface area (Å²) in [7, 11) is 0. The maximum atomic E-state index is 12.7. The smallest absolute Gasteiger partial charge is 0.224 e. The molecule has 0 N–H and O–H groups in total. The first-order valence-corrected chi connectivity index (χ1v) is 9.20. The van der Waals surface area contributed by atoms with Gasteiger partial charge < -0.3 is 9.80 Å². The van der Waals surface area contributed by atoms with Crippen LogP contribution in [0.3, 0.4) is 0 Å². The molecule has 2 aliphatic heterocycles. The molecule has 2 saturated heterocycles. The Morgan fingerprint density at radius 1 is 1.25 bits per heavy atom. The summed E-state index contributed by atoms with van der Waals surface area (Å²) in [4.78, 5) is 28.4. The van der Waals surface area contributed by atoms with Crippen LogP contribution < -0.4 is 0 Å². The second-order valence-corrected chi connectivity index (χ2v) is 7.04. The molecule has 132 valence electrons. The summed E-state index contributed by atoms with van der Waals surface area (Å²) in [6.07, 6.45) is 10.2. The Morgan fingerprint density at radius 2 is 2.12 bits per heavy atom. The fraction of sp³-hybridized carbons (Fsp3) is 0.722. The molecule has 2 aliphatic rings. The number of rotatable bonds is 6. The van der Waals surface area contributed by atoms with Gasteiger partial charge in [-0.25, -0.2) is 0 Å². The number of hydrogen-bond acceptors (Lipinski definition) is 3. The molecule has 2 amide bonds. The third-order valence-electron chi connectivity index (χ3n) is 5.17. The maximum Gasteiger partial charge on any atom is 0.224 e. The quantitative estimate of drug-likeness (QED) is 0.800. The van der Waals surface area contributed by atoms with Gasteiger partial charge in [-0.3, -0.25) is 14.3 Å². The van der Waals surface area contributed by atoms with Gasteiger partial charge in [0, 0.05) is 51.3 Å². The Labute approximate surface area is 143 Å². The van der Waals surface area contributed by atoms with Gasteiger partial charge in [0.2, 0.25) is 11.8 Å². The summed E-state index contributed by atoms with van der Waals surface area (Å²) in [5.74, 6) is 0.498. The normalized spacial score (nSPS) is 21.5. The van der Waals surface area contributed by atoms with Crippen LogP contribution in [0.25, 0.3) is 0 Å². The van der Waals surface area contributed by atoms with E-state index >= 15 is 0 Å². The molecule has 1 atom stereocenters. The van der Waals surface area contributed by atoms with E-state index in [0.29, 0.717) is 25.4 Å². The van der Waals surface area contributed by atoms with Crippen LogP contribution in [0.5, 0.6) is 0 Å². The van der Waals surface area contributed by atoms with Crippen molar-refractivity contribution in [1.29, 1.82) is 0 Å². The highest BCUT2D eigenvalue weighted by molar-refractivity contribution is 5.78. The first-order valence-electron chi connectivity index (χ1n) is 9.20. The molecule has 1 aromatic rings. The zero-order valence-electron chi connectivity index (χ0n) is 14.6. The second kappa shape index (κ2) is 7.81. The van der Waals surface area contributed by atoms with E-state index in [1.807, 2.05) is 28.9 Å². The summed E-state index contributed by atoms with van der Waals surface area (Å²) in [6, 6.07) is 0.291. The number of likely N-dealkylation sites (tertiary alicyclic amines) is 2. The molecule has 0 radical (unpaired) electrons. The number of hydrogen-bond donors (Lipinski definition) is 0. The molecule has 0 aliphatic carbocycles. The number of carbonyl (C=O) groups is 2. The van der Waals surface area contributed by atoms with Crippen molar-refractivity contribution in [3.05, 3.63) is 18.0 Å². The highest BCUT2D eigenvalue weighted by atomic mass is 16.2. The summed E-state index contributed by atoms with van der Waals surface area (Å²) >= 11 is 0. The number of aromatic nitrogens is 2. The Bertz CT molecular complexity index is 583. The Kier molecular flexibility index (Phi) is 5.53. The highest BCUT2D eigenvalue weighted by Crippen LogP contribution is 2.22. The van der Waals surface area contributed by atoms with Gasteiger partial charge in [0.15, 0.2) is 0 Å². The molecule has 6 nitrogen and oxygen atoms in total. The van der Waals surface area contributed by atoms with Crippen LogP contribution in [-0.2, 0) is 16.1 Å². The summed E-state index contributed by atoms with van der Waals surface area (Å²) < 4.78 is 1.84. The van der Waals surface area contributed by atoms with Crippen molar-refractivity contribution >= 4 is 11.8 Å². The number of carbonyl (C=O) groups excluding carboxylic acids is 2. The van der Waals surface area contributed by atoms with E-state index in [4.69, 9.17) is 0 Å². The number of nitrogens with zero attached hydrogens (tertiary/aromatic N) is 4. The van der Waals surface area contributed by atoms with E-state index in [9.17, 15) is 9.59 Å². The minimum atomic E-state index is 0.223. The van der Waals surface area contributed by atoms with Crippen molar-refractivity contribution in [2.24, 2.45) is 0 Å². The number of aryl methyl sites for hydroxylation is 2. The summed E-state index contributed by atoms with van der Waals surface area (Å²) in [6.45, 7) is 5.19. The standard InChI is InChI=1S/C18H28N4O2/c1-15-13-19-21(14-15)12-8-18(24)22-10-3-2-5-16(22)7-11-20-9-4-6-17(20)23/h13-14,16H,2-12H2,1H3. The predicted molar refractivity (Wildman–Crippen MR) is 91.4 cm³/mol. The zero-order valence-corrected chi connectivity index (χ0v) is 14.6. The third-order valence-corrected chi connectivity index (χ3v) is 5.17. The van der Waals surface area contributed by atoms with Crippen LogP contribution in [0.4, 0.5) is 0 Å². The molecule has 6 heteroatoms. The fourth-order valence-electron chi connectivity index (χ4n) is 3.82. The molecule has 3 rings (SSSR count). The molecule has 24 heavy (non-hydrogen) atoms. The number of amides is 2. The van der Waals surface area contributed by atoms with Crippen molar-refractivity contribution in [3.8, 4) is 0 Å². The lowest BCUT2D eigenvalue weighted by Gasteiger charge is -2.36. The molecular weight excluding hydrogens is 304 g/mol. The molecular formula is C18H28N4O2. The zero-order chi connectivity index (χ0) is 16.9. The van der Waals surface area contributed by atoms with Crippen LogP contribution in [0.15, 0.2) is 12.4 Å². The summed E-state index contributed by atoms with van der Waals surface area (Å²) in [5, 5.41) is 4.25. The van der Waals surface area contributed by atoms with Crippen LogP contribution in [0.1, 0.15) is 50.5 Å².